The van der Waals surface area contributed by atoms with Crippen molar-refractivity contribution in [2.75, 3.05) is 6.61 Å². The second-order valence-corrected chi connectivity index (χ2v) is 6.99. The summed E-state index contributed by atoms with van der Waals surface area (Å²) in [4.78, 5) is 58.2. The molecule has 0 heterocycles. The molecule has 31 heavy (non-hydrogen) atoms. The second kappa shape index (κ2) is 11.1. The van der Waals surface area contributed by atoms with E-state index in [1.807, 2.05) is 0 Å². The predicted octanol–water partition coefficient (Wildman–Crippen LogP) is 2.14. The van der Waals surface area contributed by atoms with Crippen molar-refractivity contribution in [1.29, 1.82) is 0 Å². The van der Waals surface area contributed by atoms with Crippen LogP contribution in [0.2, 0.25) is 0 Å². The average Bonchev–Trinajstić information content (AvgIpc) is 2.62. The van der Waals surface area contributed by atoms with Gasteiger partial charge in [0, 0.05) is 45.1 Å². The smallest absolute Gasteiger partial charge is 0.345 e. The molecule has 170 valence electrons. The number of aliphatic carboxylic acids is 1. The topological polar surface area (TPSA) is 142 Å². The summed E-state index contributed by atoms with van der Waals surface area (Å²) in [6, 6.07) is 3.02. The highest BCUT2D eigenvalue weighted by atomic mass is 16.6. The molecular formula is C21H26O10. The lowest BCUT2D eigenvalue weighted by Gasteiger charge is -2.30. The third-order valence-corrected chi connectivity index (χ3v) is 4.22. The summed E-state index contributed by atoms with van der Waals surface area (Å²) in [7, 11) is 0. The van der Waals surface area contributed by atoms with Gasteiger partial charge < -0.3 is 24.1 Å². The number of aryl methyl sites for hydroxylation is 1. The van der Waals surface area contributed by atoms with Crippen molar-refractivity contribution in [3.63, 3.8) is 0 Å². The Kier molecular flexibility index (Phi) is 9.16. The monoisotopic (exact) mass is 438 g/mol. The molecule has 0 aliphatic rings. The van der Waals surface area contributed by atoms with Crippen LogP contribution < -0.4 is 9.47 Å². The molecule has 0 radical (unpaired) electrons. The van der Waals surface area contributed by atoms with Gasteiger partial charge in [-0.15, -0.1) is 0 Å². The number of benzene rings is 1. The first kappa shape index (κ1) is 25.6. The molecule has 0 unspecified atom stereocenters. The van der Waals surface area contributed by atoms with Gasteiger partial charge in [0.05, 0.1) is 6.61 Å². The van der Waals surface area contributed by atoms with Gasteiger partial charge >= 0.3 is 29.8 Å². The minimum Gasteiger partial charge on any atom is -0.478 e. The van der Waals surface area contributed by atoms with E-state index in [2.05, 4.69) is 0 Å². The fourth-order valence-corrected chi connectivity index (χ4v) is 3.03. The van der Waals surface area contributed by atoms with Crippen LogP contribution >= 0.6 is 0 Å². The summed E-state index contributed by atoms with van der Waals surface area (Å²) in [5.74, 6) is -6.40. The minimum atomic E-state index is -1.70. The Morgan fingerprint density at radius 3 is 1.87 bits per heavy atom. The predicted molar refractivity (Wildman–Crippen MR) is 106 cm³/mol. The summed E-state index contributed by atoms with van der Waals surface area (Å²) in [6.45, 7) is 7.50. The molecule has 0 aromatic heterocycles. The zero-order valence-electron chi connectivity index (χ0n) is 18.2. The Balaban J connectivity index is 3.76. The molecule has 0 saturated heterocycles. The first-order valence-electron chi connectivity index (χ1n) is 9.38. The standard InChI is InChI=1S/C21H26O10/c1-10-7-8-16(19(30-14(5)24)18(10)29-13(4)23)17(11(2)9-28-12(3)22)20(21(26)27)31-15(6)25/h7-8,11,17,20H,9H2,1-6H3,(H,26,27)/t11-,17-,20+/m1/s1. The number of hydrogen-bond donors (Lipinski definition) is 1. The van der Waals surface area contributed by atoms with Crippen molar-refractivity contribution in [2.45, 2.75) is 53.6 Å². The molecule has 0 saturated carbocycles. The maximum atomic E-state index is 12.0. The zero-order chi connectivity index (χ0) is 23.9. The van der Waals surface area contributed by atoms with Gasteiger partial charge in [-0.25, -0.2) is 4.79 Å². The third kappa shape index (κ3) is 7.40. The molecule has 0 bridgehead atoms. The number of hydrogen-bond acceptors (Lipinski definition) is 9. The van der Waals surface area contributed by atoms with Gasteiger partial charge in [0.25, 0.3) is 0 Å². The molecule has 0 spiro atoms. The molecule has 0 fully saturated rings. The molecule has 10 heteroatoms. The van der Waals surface area contributed by atoms with E-state index in [9.17, 15) is 29.1 Å². The van der Waals surface area contributed by atoms with Crippen LogP contribution in [0.25, 0.3) is 0 Å². The van der Waals surface area contributed by atoms with Crippen LogP contribution in [-0.4, -0.2) is 47.7 Å². The van der Waals surface area contributed by atoms with Crippen molar-refractivity contribution in [1.82, 2.24) is 0 Å². The van der Waals surface area contributed by atoms with Crippen LogP contribution in [-0.2, 0) is 33.4 Å². The first-order valence-corrected chi connectivity index (χ1v) is 9.38. The summed E-state index contributed by atoms with van der Waals surface area (Å²) < 4.78 is 20.6. The van der Waals surface area contributed by atoms with Crippen LogP contribution in [0.3, 0.4) is 0 Å². The van der Waals surface area contributed by atoms with E-state index in [0.717, 1.165) is 20.8 Å². The molecule has 1 aromatic rings. The Morgan fingerprint density at radius 1 is 0.871 bits per heavy atom. The van der Waals surface area contributed by atoms with Gasteiger partial charge in [-0.05, 0) is 12.5 Å². The first-order chi connectivity index (χ1) is 14.3. The Labute approximate surface area is 179 Å². The quantitative estimate of drug-likeness (QED) is 0.450. The van der Waals surface area contributed by atoms with Crippen molar-refractivity contribution in [2.24, 2.45) is 5.92 Å². The molecule has 3 atom stereocenters. The van der Waals surface area contributed by atoms with Crippen molar-refractivity contribution < 1.29 is 48.0 Å². The second-order valence-electron chi connectivity index (χ2n) is 6.99. The molecule has 0 aliphatic carbocycles. The lowest BCUT2D eigenvalue weighted by Crippen LogP contribution is -2.37. The Bertz CT molecular complexity index is 873. The lowest BCUT2D eigenvalue weighted by atomic mass is 9.81. The molecule has 1 N–H and O–H groups in total. The fraction of sp³-hybridized carbons (Fsp3) is 0.476. The van der Waals surface area contributed by atoms with Gasteiger partial charge in [-0.1, -0.05) is 19.1 Å². The zero-order valence-corrected chi connectivity index (χ0v) is 18.2. The van der Waals surface area contributed by atoms with Crippen molar-refractivity contribution in [3.05, 3.63) is 23.3 Å². The van der Waals surface area contributed by atoms with E-state index in [0.29, 0.717) is 5.56 Å². The van der Waals surface area contributed by atoms with Crippen LogP contribution in [0, 0.1) is 12.8 Å². The van der Waals surface area contributed by atoms with E-state index in [1.165, 1.54) is 13.0 Å². The number of esters is 4. The van der Waals surface area contributed by atoms with Crippen molar-refractivity contribution in [3.8, 4) is 11.5 Å². The number of rotatable bonds is 9. The van der Waals surface area contributed by atoms with Crippen LogP contribution in [0.5, 0.6) is 11.5 Å². The van der Waals surface area contributed by atoms with E-state index >= 15 is 0 Å². The summed E-state index contributed by atoms with van der Waals surface area (Å²) in [5.41, 5.74) is 0.575. The average molecular weight is 438 g/mol. The summed E-state index contributed by atoms with van der Waals surface area (Å²) in [5, 5.41) is 9.74. The van der Waals surface area contributed by atoms with Crippen LogP contribution in [0.4, 0.5) is 0 Å². The molecule has 1 rings (SSSR count). The van der Waals surface area contributed by atoms with E-state index in [1.54, 1.807) is 19.9 Å². The van der Waals surface area contributed by atoms with Crippen molar-refractivity contribution >= 4 is 29.8 Å². The van der Waals surface area contributed by atoms with Gasteiger partial charge in [0.15, 0.2) is 11.5 Å². The highest BCUT2D eigenvalue weighted by molar-refractivity contribution is 5.80. The molecule has 0 aliphatic heterocycles. The van der Waals surface area contributed by atoms with Crippen LogP contribution in [0.1, 0.15) is 51.7 Å². The number of carbonyl (C=O) groups is 5. The third-order valence-electron chi connectivity index (χ3n) is 4.22. The minimum absolute atomic E-state index is 0.0724. The SMILES string of the molecule is CC(=O)OC[C@@H](C)[C@H](c1ccc(C)c(OC(C)=O)c1OC(C)=O)[C@H](OC(C)=O)C(=O)O. The molecular weight excluding hydrogens is 412 g/mol. The van der Waals surface area contributed by atoms with Gasteiger partial charge in [0.1, 0.15) is 0 Å². The number of carboxylic acids is 1. The van der Waals surface area contributed by atoms with E-state index in [-0.39, 0.29) is 23.7 Å². The summed E-state index contributed by atoms with van der Waals surface area (Å²) in [6.07, 6.45) is -1.70. The summed E-state index contributed by atoms with van der Waals surface area (Å²) >= 11 is 0. The van der Waals surface area contributed by atoms with Gasteiger partial charge in [-0.3, -0.25) is 19.2 Å². The fourth-order valence-electron chi connectivity index (χ4n) is 3.03. The van der Waals surface area contributed by atoms with E-state index < -0.39 is 47.8 Å². The van der Waals surface area contributed by atoms with Gasteiger partial charge in [0.2, 0.25) is 6.10 Å². The maximum absolute atomic E-state index is 12.0. The van der Waals surface area contributed by atoms with E-state index in [4.69, 9.17) is 18.9 Å². The highest BCUT2D eigenvalue weighted by Crippen LogP contribution is 2.43. The lowest BCUT2D eigenvalue weighted by molar-refractivity contribution is -0.166. The number of carbonyl (C=O) groups excluding carboxylic acids is 4. The number of ether oxygens (including phenoxy) is 4. The molecule has 10 nitrogen and oxygen atoms in total. The number of carboxylic acid groups (broad SMARTS) is 1. The molecule has 1 aromatic carbocycles. The largest absolute Gasteiger partial charge is 0.478 e. The van der Waals surface area contributed by atoms with Crippen LogP contribution in [0.15, 0.2) is 12.1 Å². The highest BCUT2D eigenvalue weighted by Gasteiger charge is 2.40. The maximum Gasteiger partial charge on any atom is 0.345 e. The normalized spacial score (nSPS) is 13.4. The Morgan fingerprint density at radius 2 is 1.42 bits per heavy atom. The van der Waals surface area contributed by atoms with Gasteiger partial charge in [-0.2, -0.15) is 0 Å². The molecule has 0 amide bonds. The Hall–Kier alpha value is -3.43.